The van der Waals surface area contributed by atoms with Gasteiger partial charge in [-0.2, -0.15) is 0 Å². The predicted molar refractivity (Wildman–Crippen MR) is 89.2 cm³/mol. The smallest absolute Gasteiger partial charge is 0.223 e. The largest absolute Gasteiger partial charge is 0.493 e. The lowest BCUT2D eigenvalue weighted by atomic mass is 10.1. The maximum Gasteiger partial charge on any atom is 0.223 e. The Bertz CT molecular complexity index is 482. The molecule has 1 atom stereocenters. The minimum atomic E-state index is 0.247. The zero-order valence-electron chi connectivity index (χ0n) is 14.0. The lowest BCUT2D eigenvalue weighted by molar-refractivity contribution is -0.135. The van der Waals surface area contributed by atoms with E-state index in [4.69, 9.17) is 4.74 Å². The van der Waals surface area contributed by atoms with Gasteiger partial charge in [0.1, 0.15) is 5.75 Å². The number of carbonyl (C=O) groups excluding carboxylic acids is 1. The molecule has 4 nitrogen and oxygen atoms in total. The molecule has 1 aliphatic heterocycles. The Morgan fingerprint density at radius 3 is 2.82 bits per heavy atom. The van der Waals surface area contributed by atoms with Crippen LogP contribution in [0.15, 0.2) is 24.3 Å². The van der Waals surface area contributed by atoms with Gasteiger partial charge in [-0.15, -0.1) is 0 Å². The first-order valence-electron chi connectivity index (χ1n) is 8.30. The van der Waals surface area contributed by atoms with Crippen molar-refractivity contribution in [1.29, 1.82) is 0 Å². The highest BCUT2D eigenvalue weighted by Gasteiger charge is 2.27. The number of aryl methyl sites for hydroxylation is 1. The number of hydrogen-bond donors (Lipinski definition) is 1. The van der Waals surface area contributed by atoms with Gasteiger partial charge in [0.05, 0.1) is 6.61 Å². The molecule has 1 unspecified atom stereocenters. The number of nitrogens with zero attached hydrogens (tertiary/aromatic N) is 1. The van der Waals surface area contributed by atoms with Crippen LogP contribution in [0.3, 0.4) is 0 Å². The van der Waals surface area contributed by atoms with Gasteiger partial charge in [0.25, 0.3) is 0 Å². The maximum absolute atomic E-state index is 12.5. The lowest BCUT2D eigenvalue weighted by Gasteiger charge is -2.32. The summed E-state index contributed by atoms with van der Waals surface area (Å²) < 4.78 is 5.77. The molecule has 1 aromatic carbocycles. The number of ether oxygens (including phenoxy) is 1. The average molecular weight is 304 g/mol. The summed E-state index contributed by atoms with van der Waals surface area (Å²) in [5.74, 6) is 1.16. The number of para-hydroxylation sites is 1. The van der Waals surface area contributed by atoms with Crippen LogP contribution in [0.1, 0.15) is 38.7 Å². The second-order valence-corrected chi connectivity index (χ2v) is 6.26. The molecule has 1 aromatic rings. The zero-order chi connectivity index (χ0) is 15.9. The van der Waals surface area contributed by atoms with Crippen molar-refractivity contribution in [2.45, 2.75) is 52.1 Å². The first-order chi connectivity index (χ1) is 10.6. The topological polar surface area (TPSA) is 41.6 Å². The van der Waals surface area contributed by atoms with Gasteiger partial charge in [-0.25, -0.2) is 0 Å². The fourth-order valence-corrected chi connectivity index (χ4v) is 3.04. The molecule has 22 heavy (non-hydrogen) atoms. The Kier molecular flexibility index (Phi) is 6.25. The highest BCUT2D eigenvalue weighted by atomic mass is 16.5. The molecule has 0 radical (unpaired) electrons. The second-order valence-electron chi connectivity index (χ2n) is 6.26. The van der Waals surface area contributed by atoms with E-state index in [1.807, 2.05) is 36.1 Å². The van der Waals surface area contributed by atoms with Crippen LogP contribution in [0.2, 0.25) is 0 Å². The van der Waals surface area contributed by atoms with E-state index in [9.17, 15) is 4.79 Å². The molecule has 4 heteroatoms. The van der Waals surface area contributed by atoms with Gasteiger partial charge in [0.15, 0.2) is 0 Å². The van der Waals surface area contributed by atoms with E-state index in [2.05, 4.69) is 19.2 Å². The van der Waals surface area contributed by atoms with Crippen molar-refractivity contribution in [2.24, 2.45) is 0 Å². The number of nitrogens with one attached hydrogen (secondary N) is 1. The minimum absolute atomic E-state index is 0.247. The van der Waals surface area contributed by atoms with Crippen LogP contribution >= 0.6 is 0 Å². The maximum atomic E-state index is 12.5. The predicted octanol–water partition coefficient (Wildman–Crippen LogP) is 2.75. The summed E-state index contributed by atoms with van der Waals surface area (Å²) in [6, 6.07) is 8.60. The van der Waals surface area contributed by atoms with Gasteiger partial charge in [-0.3, -0.25) is 4.79 Å². The molecule has 2 rings (SSSR count). The highest BCUT2D eigenvalue weighted by molar-refractivity contribution is 5.76. The minimum Gasteiger partial charge on any atom is -0.493 e. The Morgan fingerprint density at radius 1 is 1.41 bits per heavy atom. The van der Waals surface area contributed by atoms with Crippen molar-refractivity contribution < 1.29 is 9.53 Å². The molecule has 1 aliphatic rings. The summed E-state index contributed by atoms with van der Waals surface area (Å²) in [4.78, 5) is 14.5. The average Bonchev–Trinajstić information content (AvgIpc) is 2.99. The molecule has 1 amide bonds. The molecule has 1 fully saturated rings. The summed E-state index contributed by atoms with van der Waals surface area (Å²) in [6.07, 6.45) is 2.38. The van der Waals surface area contributed by atoms with Crippen LogP contribution in [0, 0.1) is 6.92 Å². The van der Waals surface area contributed by atoms with E-state index in [1.54, 1.807) is 0 Å². The Morgan fingerprint density at radius 2 is 2.18 bits per heavy atom. The number of rotatable bonds is 7. The molecule has 1 N–H and O–H groups in total. The van der Waals surface area contributed by atoms with Crippen molar-refractivity contribution in [3.05, 3.63) is 29.8 Å². The van der Waals surface area contributed by atoms with Gasteiger partial charge >= 0.3 is 0 Å². The summed E-state index contributed by atoms with van der Waals surface area (Å²) >= 11 is 0. The van der Waals surface area contributed by atoms with Gasteiger partial charge < -0.3 is 15.0 Å². The molecule has 122 valence electrons. The van der Waals surface area contributed by atoms with Crippen LogP contribution in [0.4, 0.5) is 0 Å². The third-order valence-corrected chi connectivity index (χ3v) is 4.16. The van der Waals surface area contributed by atoms with Crippen LogP contribution in [0.25, 0.3) is 0 Å². The van der Waals surface area contributed by atoms with Crippen molar-refractivity contribution in [2.75, 3.05) is 19.7 Å². The Labute approximate surface area is 133 Å². The second kappa shape index (κ2) is 8.18. The number of benzene rings is 1. The Hall–Kier alpha value is -1.55. The fourth-order valence-electron chi connectivity index (χ4n) is 3.04. The summed E-state index contributed by atoms with van der Waals surface area (Å²) in [7, 11) is 0. The van der Waals surface area contributed by atoms with Crippen LogP contribution in [-0.4, -0.2) is 42.6 Å². The molecule has 0 bridgehead atoms. The normalized spacial score (nSPS) is 17.7. The van der Waals surface area contributed by atoms with Gasteiger partial charge in [0, 0.05) is 25.0 Å². The monoisotopic (exact) mass is 304 g/mol. The van der Waals surface area contributed by atoms with Crippen molar-refractivity contribution >= 4 is 5.91 Å². The summed E-state index contributed by atoms with van der Waals surface area (Å²) in [5, 5.41) is 3.34. The van der Waals surface area contributed by atoms with E-state index in [-0.39, 0.29) is 11.9 Å². The quantitative estimate of drug-likeness (QED) is 0.788. The highest BCUT2D eigenvalue weighted by Crippen LogP contribution is 2.17. The van der Waals surface area contributed by atoms with Gasteiger partial charge in [0.2, 0.25) is 5.91 Å². The number of carbonyl (C=O) groups is 1. The standard InChI is InChI=1S/C18H28N2O2/c1-14(2)20(16-10-11-19-13-16)18(21)9-6-12-22-17-8-5-4-7-15(17)3/h4-5,7-8,14,16,19H,6,9-13H2,1-3H3. The molecule has 0 spiro atoms. The first-order valence-corrected chi connectivity index (χ1v) is 8.30. The van der Waals surface area contributed by atoms with Crippen molar-refractivity contribution in [3.8, 4) is 5.75 Å². The number of amides is 1. The number of hydrogen-bond acceptors (Lipinski definition) is 3. The SMILES string of the molecule is Cc1ccccc1OCCCC(=O)N(C(C)C)C1CCNC1. The van der Waals surface area contributed by atoms with E-state index in [0.29, 0.717) is 19.1 Å². The van der Waals surface area contributed by atoms with E-state index >= 15 is 0 Å². The van der Waals surface area contributed by atoms with Crippen molar-refractivity contribution in [3.63, 3.8) is 0 Å². The third-order valence-electron chi connectivity index (χ3n) is 4.16. The molecule has 0 aliphatic carbocycles. The lowest BCUT2D eigenvalue weighted by Crippen LogP contribution is -2.45. The van der Waals surface area contributed by atoms with E-state index in [0.717, 1.165) is 37.2 Å². The van der Waals surface area contributed by atoms with Crippen LogP contribution in [-0.2, 0) is 4.79 Å². The zero-order valence-corrected chi connectivity index (χ0v) is 14.0. The fraction of sp³-hybridized carbons (Fsp3) is 0.611. The van der Waals surface area contributed by atoms with E-state index < -0.39 is 0 Å². The third kappa shape index (κ3) is 4.47. The van der Waals surface area contributed by atoms with Crippen LogP contribution < -0.4 is 10.1 Å². The molecular weight excluding hydrogens is 276 g/mol. The van der Waals surface area contributed by atoms with Gasteiger partial charge in [-0.05, 0) is 51.8 Å². The molecule has 0 aromatic heterocycles. The van der Waals surface area contributed by atoms with Gasteiger partial charge in [-0.1, -0.05) is 18.2 Å². The molecular formula is C18H28N2O2. The summed E-state index contributed by atoms with van der Waals surface area (Å²) in [5.41, 5.74) is 1.13. The Balaban J connectivity index is 1.77. The first kappa shape index (κ1) is 16.8. The molecule has 0 saturated carbocycles. The summed E-state index contributed by atoms with van der Waals surface area (Å²) in [6.45, 7) is 8.75. The molecule has 1 heterocycles. The van der Waals surface area contributed by atoms with E-state index in [1.165, 1.54) is 0 Å². The van der Waals surface area contributed by atoms with Crippen molar-refractivity contribution in [1.82, 2.24) is 10.2 Å². The van der Waals surface area contributed by atoms with Crippen LogP contribution in [0.5, 0.6) is 5.75 Å². The molecule has 1 saturated heterocycles.